The molecule has 0 spiro atoms. The highest BCUT2D eigenvalue weighted by Crippen LogP contribution is 2.33. The number of sulfonamides is 1. The minimum absolute atomic E-state index is 0. The van der Waals surface area contributed by atoms with Crippen LogP contribution in [0.4, 0.5) is 0 Å². The van der Waals surface area contributed by atoms with Crippen molar-refractivity contribution in [2.24, 2.45) is 11.7 Å². The SMILES string of the molecule is Cl.NC1CCN(S(=O)(=O)c2cc(Cl)ccc2OCC2CCC2)CC1. The second-order valence-corrected chi connectivity index (χ2v) is 8.78. The third kappa shape index (κ3) is 4.35. The van der Waals surface area contributed by atoms with Gasteiger partial charge in [0, 0.05) is 24.2 Å². The molecule has 0 radical (unpaired) electrons. The quantitative estimate of drug-likeness (QED) is 0.832. The van der Waals surface area contributed by atoms with Crippen LogP contribution in [0.5, 0.6) is 5.75 Å². The fraction of sp³-hybridized carbons (Fsp3) is 0.625. The van der Waals surface area contributed by atoms with Crippen molar-refractivity contribution in [3.63, 3.8) is 0 Å². The van der Waals surface area contributed by atoms with E-state index in [2.05, 4.69) is 0 Å². The van der Waals surface area contributed by atoms with E-state index in [4.69, 9.17) is 22.1 Å². The molecule has 136 valence electrons. The Kier molecular flexibility index (Phi) is 6.79. The van der Waals surface area contributed by atoms with Crippen LogP contribution in [0.3, 0.4) is 0 Å². The molecule has 24 heavy (non-hydrogen) atoms. The maximum absolute atomic E-state index is 12.9. The monoisotopic (exact) mass is 394 g/mol. The summed E-state index contributed by atoms with van der Waals surface area (Å²) in [7, 11) is -3.61. The molecule has 1 saturated carbocycles. The first kappa shape index (κ1) is 19.8. The topological polar surface area (TPSA) is 72.6 Å². The van der Waals surface area contributed by atoms with Gasteiger partial charge in [-0.2, -0.15) is 4.31 Å². The molecule has 2 aliphatic rings. The van der Waals surface area contributed by atoms with Crippen molar-refractivity contribution in [3.05, 3.63) is 23.2 Å². The molecule has 1 heterocycles. The second-order valence-electron chi connectivity index (χ2n) is 6.44. The van der Waals surface area contributed by atoms with Crippen molar-refractivity contribution < 1.29 is 13.2 Å². The van der Waals surface area contributed by atoms with Crippen molar-refractivity contribution in [2.75, 3.05) is 19.7 Å². The molecule has 3 rings (SSSR count). The first-order valence-corrected chi connectivity index (χ1v) is 9.96. The fourth-order valence-corrected chi connectivity index (χ4v) is 4.79. The number of hydrogen-bond donors (Lipinski definition) is 1. The zero-order chi connectivity index (χ0) is 16.4. The molecule has 8 heteroatoms. The third-order valence-corrected chi connectivity index (χ3v) is 6.88. The molecule has 0 unspecified atom stereocenters. The molecule has 0 aromatic heterocycles. The number of piperidine rings is 1. The molecule has 5 nitrogen and oxygen atoms in total. The van der Waals surface area contributed by atoms with E-state index in [0.29, 0.717) is 49.2 Å². The summed E-state index contributed by atoms with van der Waals surface area (Å²) in [6.07, 6.45) is 4.89. The van der Waals surface area contributed by atoms with Gasteiger partial charge in [-0.3, -0.25) is 0 Å². The van der Waals surface area contributed by atoms with Gasteiger partial charge in [-0.25, -0.2) is 8.42 Å². The first-order valence-electron chi connectivity index (χ1n) is 8.15. The summed E-state index contributed by atoms with van der Waals surface area (Å²) in [6.45, 7) is 1.45. The summed E-state index contributed by atoms with van der Waals surface area (Å²) in [6, 6.07) is 4.89. The van der Waals surface area contributed by atoms with E-state index in [9.17, 15) is 8.42 Å². The largest absolute Gasteiger partial charge is 0.492 e. The first-order chi connectivity index (χ1) is 11.0. The number of nitrogens with two attached hydrogens (primary N) is 1. The lowest BCUT2D eigenvalue weighted by molar-refractivity contribution is 0.177. The number of benzene rings is 1. The van der Waals surface area contributed by atoms with Gasteiger partial charge in [-0.1, -0.05) is 18.0 Å². The van der Waals surface area contributed by atoms with Crippen LogP contribution in [0.1, 0.15) is 32.1 Å². The average molecular weight is 395 g/mol. The zero-order valence-electron chi connectivity index (χ0n) is 13.5. The molecule has 0 atom stereocenters. The van der Waals surface area contributed by atoms with Crippen LogP contribution >= 0.6 is 24.0 Å². The van der Waals surface area contributed by atoms with Gasteiger partial charge in [0.05, 0.1) is 6.61 Å². The maximum Gasteiger partial charge on any atom is 0.246 e. The minimum Gasteiger partial charge on any atom is -0.492 e. The molecule has 2 fully saturated rings. The van der Waals surface area contributed by atoms with Crippen molar-refractivity contribution in [1.82, 2.24) is 4.31 Å². The molecule has 0 bridgehead atoms. The molecule has 1 aliphatic carbocycles. The molecule has 1 saturated heterocycles. The van der Waals surface area contributed by atoms with Crippen molar-refractivity contribution >= 4 is 34.0 Å². The number of nitrogens with zero attached hydrogens (tertiary/aromatic N) is 1. The van der Waals surface area contributed by atoms with Crippen molar-refractivity contribution in [3.8, 4) is 5.75 Å². The van der Waals surface area contributed by atoms with Gasteiger partial charge in [-0.05, 0) is 49.8 Å². The Balaban J connectivity index is 0.00000208. The fourth-order valence-electron chi connectivity index (χ4n) is 2.93. The Morgan fingerprint density at radius 3 is 2.46 bits per heavy atom. The van der Waals surface area contributed by atoms with Gasteiger partial charge < -0.3 is 10.5 Å². The summed E-state index contributed by atoms with van der Waals surface area (Å²) in [4.78, 5) is 0.166. The van der Waals surface area contributed by atoms with E-state index >= 15 is 0 Å². The maximum atomic E-state index is 12.9. The van der Waals surface area contributed by atoms with Crippen molar-refractivity contribution in [1.29, 1.82) is 0 Å². The van der Waals surface area contributed by atoms with Gasteiger partial charge in [-0.15, -0.1) is 12.4 Å². The minimum atomic E-state index is -3.61. The highest BCUT2D eigenvalue weighted by atomic mass is 35.5. The molecular weight excluding hydrogens is 371 g/mol. The number of hydrogen-bond acceptors (Lipinski definition) is 4. The molecule has 1 aliphatic heterocycles. The van der Waals surface area contributed by atoms with Crippen LogP contribution in [0.25, 0.3) is 0 Å². The van der Waals surface area contributed by atoms with Gasteiger partial charge in [0.15, 0.2) is 0 Å². The van der Waals surface area contributed by atoms with E-state index in [0.717, 1.165) is 12.8 Å². The lowest BCUT2D eigenvalue weighted by atomic mass is 9.86. The van der Waals surface area contributed by atoms with Gasteiger partial charge in [0.25, 0.3) is 0 Å². The predicted octanol–water partition coefficient (Wildman–Crippen LogP) is 3.05. The summed E-state index contributed by atoms with van der Waals surface area (Å²) in [5.41, 5.74) is 5.87. The summed E-state index contributed by atoms with van der Waals surface area (Å²) >= 11 is 6.03. The Hall–Kier alpha value is -0.530. The normalized spacial score (nSPS) is 20.2. The zero-order valence-corrected chi connectivity index (χ0v) is 15.9. The smallest absolute Gasteiger partial charge is 0.246 e. The molecule has 2 N–H and O–H groups in total. The molecule has 0 amide bonds. The molecule has 1 aromatic carbocycles. The summed E-state index contributed by atoms with van der Waals surface area (Å²) in [5.74, 6) is 0.936. The van der Waals surface area contributed by atoms with Gasteiger partial charge in [0.2, 0.25) is 10.0 Å². The third-order valence-electron chi connectivity index (χ3n) is 4.72. The van der Waals surface area contributed by atoms with Gasteiger partial charge >= 0.3 is 0 Å². The van der Waals surface area contributed by atoms with E-state index in [1.807, 2.05) is 0 Å². The van der Waals surface area contributed by atoms with Crippen LogP contribution in [0.15, 0.2) is 23.1 Å². The number of rotatable bonds is 5. The lowest BCUT2D eigenvalue weighted by Crippen LogP contribution is -2.42. The molecule has 1 aromatic rings. The van der Waals surface area contributed by atoms with E-state index in [1.54, 1.807) is 12.1 Å². The second kappa shape index (κ2) is 8.23. The van der Waals surface area contributed by atoms with Crippen LogP contribution in [-0.2, 0) is 10.0 Å². The average Bonchev–Trinajstić information content (AvgIpc) is 2.47. The van der Waals surface area contributed by atoms with Crippen LogP contribution in [-0.4, -0.2) is 38.5 Å². The lowest BCUT2D eigenvalue weighted by Gasteiger charge is -2.30. The number of halogens is 2. The van der Waals surface area contributed by atoms with E-state index < -0.39 is 10.0 Å². The van der Waals surface area contributed by atoms with Gasteiger partial charge in [0.1, 0.15) is 10.6 Å². The standard InChI is InChI=1S/C16H23ClN2O3S.ClH/c17-13-4-5-15(22-11-12-2-1-3-12)16(10-13)23(20,21)19-8-6-14(18)7-9-19;/h4-5,10,12,14H,1-3,6-9,11,18H2;1H. The van der Waals surface area contributed by atoms with Crippen LogP contribution in [0.2, 0.25) is 5.02 Å². The Labute approximate surface area is 154 Å². The summed E-state index contributed by atoms with van der Waals surface area (Å²) in [5, 5.41) is 0.397. The Morgan fingerprint density at radius 1 is 1.21 bits per heavy atom. The van der Waals surface area contributed by atoms with Crippen LogP contribution < -0.4 is 10.5 Å². The highest BCUT2D eigenvalue weighted by Gasteiger charge is 2.31. The van der Waals surface area contributed by atoms with Crippen molar-refractivity contribution in [2.45, 2.75) is 43.0 Å². The number of ether oxygens (including phenoxy) is 1. The predicted molar refractivity (Wildman–Crippen MR) is 97.5 cm³/mol. The molecular formula is C16H24Cl2N2O3S. The van der Waals surface area contributed by atoms with E-state index in [1.165, 1.54) is 16.8 Å². The highest BCUT2D eigenvalue weighted by molar-refractivity contribution is 7.89. The van der Waals surface area contributed by atoms with E-state index in [-0.39, 0.29) is 23.3 Å². The summed E-state index contributed by atoms with van der Waals surface area (Å²) < 4.78 is 33.2. The Morgan fingerprint density at radius 2 is 1.88 bits per heavy atom. The van der Waals surface area contributed by atoms with Crippen LogP contribution in [0, 0.1) is 5.92 Å². The Bertz CT molecular complexity index is 657.